The highest BCUT2D eigenvalue weighted by Crippen LogP contribution is 2.26. The van der Waals surface area contributed by atoms with Crippen molar-refractivity contribution in [3.63, 3.8) is 0 Å². The molecule has 0 saturated heterocycles. The lowest BCUT2D eigenvalue weighted by molar-refractivity contribution is 0.414. The van der Waals surface area contributed by atoms with Crippen LogP contribution in [0.2, 0.25) is 0 Å². The van der Waals surface area contributed by atoms with Crippen LogP contribution in [-0.4, -0.2) is 25.3 Å². The second-order valence-corrected chi connectivity index (χ2v) is 6.72. The molecule has 0 atom stereocenters. The van der Waals surface area contributed by atoms with E-state index in [4.69, 9.17) is 4.74 Å². The fourth-order valence-corrected chi connectivity index (χ4v) is 4.00. The molecule has 0 aliphatic carbocycles. The first-order chi connectivity index (χ1) is 10.3. The Labute approximate surface area is 131 Å². The van der Waals surface area contributed by atoms with E-state index in [1.165, 1.54) is 0 Å². The maximum Gasteiger partial charge on any atom is 0.265 e. The van der Waals surface area contributed by atoms with Crippen molar-refractivity contribution >= 4 is 15.7 Å². The Hall–Kier alpha value is -2.02. The van der Waals surface area contributed by atoms with Gasteiger partial charge in [-0.2, -0.15) is 5.10 Å². The quantitative estimate of drug-likeness (QED) is 0.918. The van der Waals surface area contributed by atoms with Gasteiger partial charge in [0.25, 0.3) is 10.0 Å². The van der Waals surface area contributed by atoms with E-state index in [9.17, 15) is 8.42 Å². The minimum atomic E-state index is -3.68. The van der Waals surface area contributed by atoms with E-state index in [0.29, 0.717) is 29.4 Å². The highest BCUT2D eigenvalue weighted by molar-refractivity contribution is 7.92. The van der Waals surface area contributed by atoms with Crippen LogP contribution < -0.4 is 9.46 Å². The van der Waals surface area contributed by atoms with E-state index in [0.717, 1.165) is 5.56 Å². The van der Waals surface area contributed by atoms with Gasteiger partial charge in [0.15, 0.2) is 0 Å². The lowest BCUT2D eigenvalue weighted by atomic mass is 10.2. The smallest absolute Gasteiger partial charge is 0.265 e. The molecule has 0 unspecified atom stereocenters. The normalized spacial score (nSPS) is 11.5. The maximum atomic E-state index is 12.7. The first-order valence-corrected chi connectivity index (χ1v) is 8.50. The third kappa shape index (κ3) is 2.94. The number of sulfonamides is 1. The lowest BCUT2D eigenvalue weighted by Crippen LogP contribution is -2.15. The number of ether oxygens (including phenoxy) is 1. The monoisotopic (exact) mass is 323 g/mol. The number of hydrogen-bond donors (Lipinski definition) is 1. The molecule has 0 amide bonds. The van der Waals surface area contributed by atoms with Crippen molar-refractivity contribution in [3.8, 4) is 5.75 Å². The van der Waals surface area contributed by atoms with Gasteiger partial charge in [0.1, 0.15) is 10.6 Å². The van der Waals surface area contributed by atoms with E-state index < -0.39 is 10.0 Å². The minimum Gasteiger partial charge on any atom is -0.497 e. The molecular formula is C15H21N3O3S. The number of aromatic nitrogens is 2. The second-order valence-electron chi connectivity index (χ2n) is 5.10. The third-order valence-electron chi connectivity index (χ3n) is 3.56. The third-order valence-corrected chi connectivity index (χ3v) is 5.18. The van der Waals surface area contributed by atoms with Crippen LogP contribution in [-0.2, 0) is 16.6 Å². The lowest BCUT2D eigenvalue weighted by Gasteiger charge is -2.12. The molecule has 0 spiro atoms. The van der Waals surface area contributed by atoms with Gasteiger partial charge >= 0.3 is 0 Å². The molecule has 22 heavy (non-hydrogen) atoms. The minimum absolute atomic E-state index is 0.240. The summed E-state index contributed by atoms with van der Waals surface area (Å²) in [6, 6.07) is 5.20. The van der Waals surface area contributed by atoms with Crippen molar-refractivity contribution in [1.82, 2.24) is 9.78 Å². The van der Waals surface area contributed by atoms with Crippen LogP contribution in [0.1, 0.15) is 23.9 Å². The summed E-state index contributed by atoms with van der Waals surface area (Å²) in [6.45, 7) is 7.85. The maximum absolute atomic E-state index is 12.7. The summed E-state index contributed by atoms with van der Waals surface area (Å²) in [5.41, 5.74) is 2.46. The molecule has 1 N–H and O–H groups in total. The van der Waals surface area contributed by atoms with Gasteiger partial charge < -0.3 is 4.74 Å². The average Bonchev–Trinajstić information content (AvgIpc) is 2.75. The molecule has 1 heterocycles. The molecular weight excluding hydrogens is 302 g/mol. The molecule has 1 aromatic carbocycles. The molecule has 120 valence electrons. The largest absolute Gasteiger partial charge is 0.497 e. The van der Waals surface area contributed by atoms with Gasteiger partial charge in [0.05, 0.1) is 24.2 Å². The van der Waals surface area contributed by atoms with Gasteiger partial charge in [0.2, 0.25) is 0 Å². The van der Waals surface area contributed by atoms with Crippen molar-refractivity contribution in [2.45, 2.75) is 39.1 Å². The van der Waals surface area contributed by atoms with Gasteiger partial charge in [-0.25, -0.2) is 8.42 Å². The van der Waals surface area contributed by atoms with Crippen LogP contribution in [0.25, 0.3) is 0 Å². The van der Waals surface area contributed by atoms with E-state index in [1.54, 1.807) is 43.8 Å². The molecule has 1 aromatic heterocycles. The molecule has 0 fully saturated rings. The zero-order chi connectivity index (χ0) is 16.5. The molecule has 0 radical (unpaired) electrons. The number of anilines is 1. The van der Waals surface area contributed by atoms with Crippen LogP contribution in [0, 0.1) is 20.8 Å². The highest BCUT2D eigenvalue weighted by atomic mass is 32.2. The Balaban J connectivity index is 2.42. The summed E-state index contributed by atoms with van der Waals surface area (Å²) < 4.78 is 34.8. The van der Waals surface area contributed by atoms with Gasteiger partial charge in [-0.05, 0) is 51.5 Å². The van der Waals surface area contributed by atoms with Crippen molar-refractivity contribution < 1.29 is 13.2 Å². The summed E-state index contributed by atoms with van der Waals surface area (Å²) in [6.07, 6.45) is 0. The summed E-state index contributed by atoms with van der Waals surface area (Å²) in [7, 11) is -2.11. The predicted octanol–water partition coefficient (Wildman–Crippen LogP) is 2.64. The standard InChI is InChI=1S/C15H21N3O3S/c1-6-18-12(4)15(11(3)16-18)22(19,20)17-14-8-7-13(21-5)9-10(14)2/h7-9,17H,6H2,1-5H3. The Kier molecular flexibility index (Phi) is 4.46. The molecule has 2 aromatic rings. The Morgan fingerprint density at radius 2 is 1.95 bits per heavy atom. The SMILES string of the molecule is CCn1nc(C)c(S(=O)(=O)Nc2ccc(OC)cc2C)c1C. The Morgan fingerprint density at radius 3 is 2.45 bits per heavy atom. The van der Waals surface area contributed by atoms with E-state index in [1.807, 2.05) is 13.8 Å². The van der Waals surface area contributed by atoms with Crippen LogP contribution in [0.15, 0.2) is 23.1 Å². The van der Waals surface area contributed by atoms with Crippen LogP contribution in [0.5, 0.6) is 5.75 Å². The van der Waals surface area contributed by atoms with Crippen LogP contribution in [0.4, 0.5) is 5.69 Å². The van der Waals surface area contributed by atoms with Gasteiger partial charge in [0, 0.05) is 6.54 Å². The molecule has 7 heteroatoms. The number of aryl methyl sites for hydroxylation is 3. The van der Waals surface area contributed by atoms with E-state index >= 15 is 0 Å². The predicted molar refractivity (Wildman–Crippen MR) is 85.9 cm³/mol. The Morgan fingerprint density at radius 1 is 1.27 bits per heavy atom. The van der Waals surface area contributed by atoms with Crippen LogP contribution >= 0.6 is 0 Å². The molecule has 0 aliphatic rings. The van der Waals surface area contributed by atoms with Crippen molar-refractivity contribution in [1.29, 1.82) is 0 Å². The first kappa shape index (κ1) is 16.4. The number of methoxy groups -OCH3 is 1. The first-order valence-electron chi connectivity index (χ1n) is 7.01. The van der Waals surface area contributed by atoms with E-state index in [2.05, 4.69) is 9.82 Å². The van der Waals surface area contributed by atoms with Crippen molar-refractivity contribution in [3.05, 3.63) is 35.2 Å². The number of benzene rings is 1. The summed E-state index contributed by atoms with van der Waals surface area (Å²) in [5, 5.41) is 4.26. The topological polar surface area (TPSA) is 73.2 Å². The molecule has 0 bridgehead atoms. The second kappa shape index (κ2) is 6.00. The molecule has 0 aliphatic heterocycles. The summed E-state index contributed by atoms with van der Waals surface area (Å²) in [4.78, 5) is 0.240. The van der Waals surface area contributed by atoms with Crippen molar-refractivity contribution in [2.75, 3.05) is 11.8 Å². The van der Waals surface area contributed by atoms with Gasteiger partial charge in [-0.3, -0.25) is 9.40 Å². The summed E-state index contributed by atoms with van der Waals surface area (Å²) in [5.74, 6) is 0.687. The van der Waals surface area contributed by atoms with E-state index in [-0.39, 0.29) is 4.90 Å². The highest BCUT2D eigenvalue weighted by Gasteiger charge is 2.24. The zero-order valence-electron chi connectivity index (χ0n) is 13.5. The average molecular weight is 323 g/mol. The fraction of sp³-hybridized carbons (Fsp3) is 0.400. The van der Waals surface area contributed by atoms with Crippen molar-refractivity contribution in [2.24, 2.45) is 0 Å². The molecule has 6 nitrogen and oxygen atoms in total. The summed E-state index contributed by atoms with van der Waals surface area (Å²) >= 11 is 0. The van der Waals surface area contributed by atoms with Gasteiger partial charge in [-0.15, -0.1) is 0 Å². The number of hydrogen-bond acceptors (Lipinski definition) is 4. The number of nitrogens with zero attached hydrogens (tertiary/aromatic N) is 2. The molecule has 2 rings (SSSR count). The number of nitrogens with one attached hydrogen (secondary N) is 1. The van der Waals surface area contributed by atoms with Gasteiger partial charge in [-0.1, -0.05) is 0 Å². The molecule has 0 saturated carbocycles. The Bertz CT molecular complexity index is 795. The fourth-order valence-electron chi connectivity index (χ4n) is 2.45. The number of rotatable bonds is 5. The zero-order valence-corrected chi connectivity index (χ0v) is 14.3. The van der Waals surface area contributed by atoms with Crippen LogP contribution in [0.3, 0.4) is 0 Å².